The highest BCUT2D eigenvalue weighted by atomic mass is 16.2. The molecule has 88 valence electrons. The molecule has 3 N–H and O–H groups in total. The summed E-state index contributed by atoms with van der Waals surface area (Å²) in [6.45, 7) is 0. The van der Waals surface area contributed by atoms with Gasteiger partial charge in [0.15, 0.2) is 0 Å². The van der Waals surface area contributed by atoms with Crippen molar-refractivity contribution in [1.82, 2.24) is 16.2 Å². The SMILES string of the molecule is O=C(CC1C(=O)NNC1=O)NC1CCCC1. The van der Waals surface area contributed by atoms with E-state index >= 15 is 0 Å². The third-order valence-corrected chi connectivity index (χ3v) is 3.05. The van der Waals surface area contributed by atoms with Crippen molar-refractivity contribution < 1.29 is 14.4 Å². The second-order valence-electron chi connectivity index (χ2n) is 4.28. The molecule has 6 nitrogen and oxygen atoms in total. The molecule has 1 saturated heterocycles. The number of nitrogens with one attached hydrogen (secondary N) is 3. The van der Waals surface area contributed by atoms with Gasteiger partial charge in [0.1, 0.15) is 5.92 Å². The molecule has 2 aliphatic rings. The van der Waals surface area contributed by atoms with E-state index in [2.05, 4.69) is 16.2 Å². The maximum Gasteiger partial charge on any atom is 0.251 e. The monoisotopic (exact) mass is 225 g/mol. The Hall–Kier alpha value is -1.59. The Labute approximate surface area is 93.1 Å². The normalized spacial score (nSPS) is 22.0. The van der Waals surface area contributed by atoms with Crippen LogP contribution in [0.25, 0.3) is 0 Å². The van der Waals surface area contributed by atoms with Crippen LogP contribution in [0.4, 0.5) is 0 Å². The first-order chi connectivity index (χ1) is 7.66. The minimum Gasteiger partial charge on any atom is -0.353 e. The van der Waals surface area contributed by atoms with Gasteiger partial charge in [0.2, 0.25) is 5.91 Å². The van der Waals surface area contributed by atoms with Crippen LogP contribution in [0, 0.1) is 5.92 Å². The van der Waals surface area contributed by atoms with Crippen molar-refractivity contribution in [2.24, 2.45) is 5.92 Å². The zero-order chi connectivity index (χ0) is 11.5. The largest absolute Gasteiger partial charge is 0.353 e. The van der Waals surface area contributed by atoms with Crippen molar-refractivity contribution in [2.75, 3.05) is 0 Å². The quantitative estimate of drug-likeness (QED) is 0.550. The molecule has 16 heavy (non-hydrogen) atoms. The van der Waals surface area contributed by atoms with E-state index in [1.165, 1.54) is 0 Å². The van der Waals surface area contributed by atoms with Crippen LogP contribution in [0.3, 0.4) is 0 Å². The van der Waals surface area contributed by atoms with Crippen LogP contribution in [-0.2, 0) is 14.4 Å². The molecule has 2 fully saturated rings. The zero-order valence-corrected chi connectivity index (χ0v) is 8.91. The maximum atomic E-state index is 11.6. The molecule has 1 aliphatic carbocycles. The van der Waals surface area contributed by atoms with Gasteiger partial charge < -0.3 is 5.32 Å². The summed E-state index contributed by atoms with van der Waals surface area (Å²) in [6, 6.07) is 0.222. The molecular weight excluding hydrogens is 210 g/mol. The third kappa shape index (κ3) is 2.32. The Balaban J connectivity index is 1.82. The lowest BCUT2D eigenvalue weighted by atomic mass is 10.0. The molecule has 6 heteroatoms. The molecule has 0 unspecified atom stereocenters. The summed E-state index contributed by atoms with van der Waals surface area (Å²) in [5.41, 5.74) is 4.40. The highest BCUT2D eigenvalue weighted by molar-refractivity contribution is 6.07. The van der Waals surface area contributed by atoms with Gasteiger partial charge in [0.25, 0.3) is 11.8 Å². The van der Waals surface area contributed by atoms with Crippen LogP contribution in [0.5, 0.6) is 0 Å². The Bertz CT molecular complexity index is 307. The minimum absolute atomic E-state index is 0.0613. The van der Waals surface area contributed by atoms with Gasteiger partial charge in [0.05, 0.1) is 0 Å². The molecule has 1 heterocycles. The lowest BCUT2D eigenvalue weighted by Crippen LogP contribution is -2.35. The minimum atomic E-state index is -0.874. The summed E-state index contributed by atoms with van der Waals surface area (Å²) in [6.07, 6.45) is 4.20. The van der Waals surface area contributed by atoms with Crippen molar-refractivity contribution in [2.45, 2.75) is 38.1 Å². The van der Waals surface area contributed by atoms with Gasteiger partial charge in [-0.15, -0.1) is 0 Å². The molecule has 0 radical (unpaired) electrons. The van der Waals surface area contributed by atoms with E-state index in [1.54, 1.807) is 0 Å². The lowest BCUT2D eigenvalue weighted by Gasteiger charge is -2.12. The maximum absolute atomic E-state index is 11.6. The third-order valence-electron chi connectivity index (χ3n) is 3.05. The standard InChI is InChI=1S/C10H15N3O3/c14-8(11-6-3-1-2-4-6)5-7-9(15)12-13-10(7)16/h6-7H,1-5H2,(H,11,14)(H,12,15)(H,13,16). The first-order valence-corrected chi connectivity index (χ1v) is 5.56. The van der Waals surface area contributed by atoms with E-state index in [-0.39, 0.29) is 18.4 Å². The number of rotatable bonds is 3. The Morgan fingerprint density at radius 1 is 1.19 bits per heavy atom. The summed E-state index contributed by atoms with van der Waals surface area (Å²) in [5, 5.41) is 2.85. The van der Waals surface area contributed by atoms with Crippen molar-refractivity contribution in [3.05, 3.63) is 0 Å². The van der Waals surface area contributed by atoms with Crippen molar-refractivity contribution in [3.8, 4) is 0 Å². The van der Waals surface area contributed by atoms with E-state index < -0.39 is 17.7 Å². The number of hydrogen-bond donors (Lipinski definition) is 3. The predicted octanol–water partition coefficient (Wildman–Crippen LogP) is -0.787. The molecule has 0 atom stereocenters. The van der Waals surface area contributed by atoms with Gasteiger partial charge in [-0.05, 0) is 12.8 Å². The van der Waals surface area contributed by atoms with Crippen LogP contribution >= 0.6 is 0 Å². The van der Waals surface area contributed by atoms with E-state index in [4.69, 9.17) is 0 Å². The second kappa shape index (κ2) is 4.51. The van der Waals surface area contributed by atoms with E-state index in [9.17, 15) is 14.4 Å². The van der Waals surface area contributed by atoms with Crippen LogP contribution < -0.4 is 16.2 Å². The van der Waals surface area contributed by atoms with Crippen LogP contribution in [0.2, 0.25) is 0 Å². The van der Waals surface area contributed by atoms with Crippen molar-refractivity contribution >= 4 is 17.7 Å². The van der Waals surface area contributed by atoms with Gasteiger partial charge in [-0.1, -0.05) is 12.8 Å². The summed E-state index contributed by atoms with van der Waals surface area (Å²) in [7, 11) is 0. The number of amides is 3. The molecule has 1 aliphatic heterocycles. The number of carbonyl (C=O) groups excluding carboxylic acids is 3. The Morgan fingerprint density at radius 2 is 1.75 bits per heavy atom. The van der Waals surface area contributed by atoms with Crippen molar-refractivity contribution in [3.63, 3.8) is 0 Å². The van der Waals surface area contributed by atoms with E-state index in [0.29, 0.717) is 0 Å². The topological polar surface area (TPSA) is 87.3 Å². The number of carbonyl (C=O) groups is 3. The van der Waals surface area contributed by atoms with Gasteiger partial charge >= 0.3 is 0 Å². The highest BCUT2D eigenvalue weighted by Crippen LogP contribution is 2.18. The zero-order valence-electron chi connectivity index (χ0n) is 8.91. The molecule has 0 bridgehead atoms. The first-order valence-electron chi connectivity index (χ1n) is 5.56. The van der Waals surface area contributed by atoms with Gasteiger partial charge in [-0.3, -0.25) is 25.2 Å². The molecule has 0 aromatic rings. The summed E-state index contributed by atoms with van der Waals surface area (Å²) >= 11 is 0. The molecule has 0 aromatic heterocycles. The molecule has 2 rings (SSSR count). The highest BCUT2D eigenvalue weighted by Gasteiger charge is 2.35. The fraction of sp³-hybridized carbons (Fsp3) is 0.700. The summed E-state index contributed by atoms with van der Waals surface area (Å²) in [4.78, 5) is 33.9. The molecule has 3 amide bonds. The van der Waals surface area contributed by atoms with E-state index in [0.717, 1.165) is 25.7 Å². The van der Waals surface area contributed by atoms with Gasteiger partial charge in [0, 0.05) is 12.5 Å². The van der Waals surface area contributed by atoms with Gasteiger partial charge in [-0.2, -0.15) is 0 Å². The fourth-order valence-corrected chi connectivity index (χ4v) is 2.14. The van der Waals surface area contributed by atoms with Crippen LogP contribution in [-0.4, -0.2) is 23.8 Å². The number of hydrazine groups is 1. The average molecular weight is 225 g/mol. The molecule has 0 aromatic carbocycles. The van der Waals surface area contributed by atoms with Crippen molar-refractivity contribution in [1.29, 1.82) is 0 Å². The predicted molar refractivity (Wildman–Crippen MR) is 54.8 cm³/mol. The van der Waals surface area contributed by atoms with Crippen LogP contribution in [0.15, 0.2) is 0 Å². The first kappa shape index (κ1) is 10.9. The molecule has 1 saturated carbocycles. The second-order valence-corrected chi connectivity index (χ2v) is 4.28. The smallest absolute Gasteiger partial charge is 0.251 e. The Morgan fingerprint density at radius 3 is 2.31 bits per heavy atom. The number of hydrogen-bond acceptors (Lipinski definition) is 3. The summed E-state index contributed by atoms with van der Waals surface area (Å²) < 4.78 is 0. The Kier molecular flexibility index (Phi) is 3.07. The fourth-order valence-electron chi connectivity index (χ4n) is 2.14. The molecule has 0 spiro atoms. The van der Waals surface area contributed by atoms with E-state index in [1.807, 2.05) is 0 Å². The lowest BCUT2D eigenvalue weighted by molar-refractivity contribution is -0.133. The van der Waals surface area contributed by atoms with Gasteiger partial charge in [-0.25, -0.2) is 0 Å². The average Bonchev–Trinajstić information content (AvgIpc) is 2.83. The van der Waals surface area contributed by atoms with Crippen LogP contribution in [0.1, 0.15) is 32.1 Å². The molecular formula is C10H15N3O3. The summed E-state index contributed by atoms with van der Waals surface area (Å²) in [5.74, 6) is -1.94.